The van der Waals surface area contributed by atoms with Crippen LogP contribution in [0.5, 0.6) is 0 Å². The lowest BCUT2D eigenvalue weighted by Gasteiger charge is -2.24. The monoisotopic (exact) mass is 329 g/mol. The lowest BCUT2D eigenvalue weighted by molar-refractivity contribution is 0.285. The molecular formula is C18H24FN5. The molecule has 0 amide bonds. The van der Waals surface area contributed by atoms with Gasteiger partial charge in [0, 0.05) is 44.5 Å². The number of anilines is 2. The molecule has 0 bridgehead atoms. The number of aromatic nitrogens is 2. The first kappa shape index (κ1) is 16.6. The third-order valence-electron chi connectivity index (χ3n) is 4.42. The third-order valence-corrected chi connectivity index (χ3v) is 4.42. The van der Waals surface area contributed by atoms with Gasteiger partial charge in [0.1, 0.15) is 11.6 Å². The predicted octanol–water partition coefficient (Wildman–Crippen LogP) is 2.47. The summed E-state index contributed by atoms with van der Waals surface area (Å²) in [5.74, 6) is 1.11. The van der Waals surface area contributed by atoms with Crippen LogP contribution in [-0.4, -0.2) is 41.0 Å². The molecule has 6 heteroatoms. The Morgan fingerprint density at radius 3 is 2.88 bits per heavy atom. The minimum absolute atomic E-state index is 0.173. The summed E-state index contributed by atoms with van der Waals surface area (Å²) in [6, 6.07) is 6.85. The standard InChI is InChI=1S/C18H24FN5/c1-2-15-12-21-18(20)22-17(15)24-8-4-7-23(9-10-24)13-14-5-3-6-16(19)11-14/h3,5-6,11-12H,2,4,7-10,13H2,1H3,(H2,20,21,22). The van der Waals surface area contributed by atoms with Crippen molar-refractivity contribution < 1.29 is 4.39 Å². The molecule has 2 N–H and O–H groups in total. The lowest BCUT2D eigenvalue weighted by atomic mass is 10.2. The smallest absolute Gasteiger partial charge is 0.221 e. The highest BCUT2D eigenvalue weighted by Gasteiger charge is 2.19. The molecule has 3 rings (SSSR count). The molecule has 0 aliphatic carbocycles. The van der Waals surface area contributed by atoms with Crippen molar-refractivity contribution in [3.8, 4) is 0 Å². The molecule has 1 aromatic carbocycles. The van der Waals surface area contributed by atoms with Gasteiger partial charge in [0.05, 0.1) is 0 Å². The molecule has 1 saturated heterocycles. The summed E-state index contributed by atoms with van der Waals surface area (Å²) >= 11 is 0. The second kappa shape index (κ2) is 7.57. The molecule has 0 unspecified atom stereocenters. The van der Waals surface area contributed by atoms with Crippen molar-refractivity contribution in [3.63, 3.8) is 0 Å². The number of nitrogens with two attached hydrogens (primary N) is 1. The number of hydrogen-bond donors (Lipinski definition) is 1. The zero-order valence-electron chi connectivity index (χ0n) is 14.1. The summed E-state index contributed by atoms with van der Waals surface area (Å²) in [5.41, 5.74) is 7.92. The average molecular weight is 329 g/mol. The largest absolute Gasteiger partial charge is 0.368 e. The number of hydrogen-bond acceptors (Lipinski definition) is 5. The van der Waals surface area contributed by atoms with E-state index in [2.05, 4.69) is 26.7 Å². The molecule has 128 valence electrons. The van der Waals surface area contributed by atoms with Crippen LogP contribution in [0.25, 0.3) is 0 Å². The van der Waals surface area contributed by atoms with Crippen LogP contribution in [-0.2, 0) is 13.0 Å². The number of nitrogen functional groups attached to an aromatic ring is 1. The second-order valence-corrected chi connectivity index (χ2v) is 6.18. The minimum Gasteiger partial charge on any atom is -0.368 e. The summed E-state index contributed by atoms with van der Waals surface area (Å²) in [6.45, 7) is 6.63. The fraction of sp³-hybridized carbons (Fsp3) is 0.444. The van der Waals surface area contributed by atoms with E-state index in [-0.39, 0.29) is 5.82 Å². The first-order chi connectivity index (χ1) is 11.7. The Morgan fingerprint density at radius 1 is 1.21 bits per heavy atom. The first-order valence-electron chi connectivity index (χ1n) is 8.49. The molecular weight excluding hydrogens is 305 g/mol. The van der Waals surface area contributed by atoms with E-state index in [0.717, 1.165) is 62.5 Å². The third kappa shape index (κ3) is 4.00. The number of rotatable bonds is 4. The molecule has 0 atom stereocenters. The van der Waals surface area contributed by atoms with E-state index in [0.29, 0.717) is 5.95 Å². The Morgan fingerprint density at radius 2 is 2.08 bits per heavy atom. The maximum Gasteiger partial charge on any atom is 0.221 e. The van der Waals surface area contributed by atoms with Crippen LogP contribution in [0.1, 0.15) is 24.5 Å². The maximum absolute atomic E-state index is 13.4. The molecule has 0 saturated carbocycles. The predicted molar refractivity (Wildman–Crippen MR) is 94.3 cm³/mol. The van der Waals surface area contributed by atoms with E-state index >= 15 is 0 Å². The molecule has 1 aliphatic heterocycles. The molecule has 0 radical (unpaired) electrons. The normalized spacial score (nSPS) is 16.2. The van der Waals surface area contributed by atoms with Gasteiger partial charge in [0.25, 0.3) is 0 Å². The van der Waals surface area contributed by atoms with Gasteiger partial charge < -0.3 is 10.6 Å². The van der Waals surface area contributed by atoms with Gasteiger partial charge in [0.2, 0.25) is 5.95 Å². The van der Waals surface area contributed by atoms with Gasteiger partial charge in [-0.05, 0) is 30.5 Å². The SMILES string of the molecule is CCc1cnc(N)nc1N1CCCN(Cc2cccc(F)c2)CC1. The fourth-order valence-electron chi connectivity index (χ4n) is 3.17. The highest BCUT2D eigenvalue weighted by Crippen LogP contribution is 2.21. The van der Waals surface area contributed by atoms with Crippen LogP contribution >= 0.6 is 0 Å². The van der Waals surface area contributed by atoms with Gasteiger partial charge in [-0.15, -0.1) is 0 Å². The van der Waals surface area contributed by atoms with Crippen LogP contribution in [0.15, 0.2) is 30.5 Å². The summed E-state index contributed by atoms with van der Waals surface area (Å²) in [6.07, 6.45) is 3.76. The fourth-order valence-corrected chi connectivity index (χ4v) is 3.17. The van der Waals surface area contributed by atoms with E-state index in [1.165, 1.54) is 6.07 Å². The first-order valence-corrected chi connectivity index (χ1v) is 8.49. The molecule has 0 spiro atoms. The van der Waals surface area contributed by atoms with Gasteiger partial charge in [-0.3, -0.25) is 4.90 Å². The quantitative estimate of drug-likeness (QED) is 0.934. The summed E-state index contributed by atoms with van der Waals surface area (Å²) in [7, 11) is 0. The van der Waals surface area contributed by atoms with Crippen molar-refractivity contribution in [2.24, 2.45) is 0 Å². The molecule has 2 heterocycles. The van der Waals surface area contributed by atoms with Crippen LogP contribution < -0.4 is 10.6 Å². The zero-order valence-corrected chi connectivity index (χ0v) is 14.1. The molecule has 1 aliphatic rings. The van der Waals surface area contributed by atoms with Gasteiger partial charge in [-0.1, -0.05) is 19.1 Å². The van der Waals surface area contributed by atoms with E-state index < -0.39 is 0 Å². The lowest BCUT2D eigenvalue weighted by Crippen LogP contribution is -2.31. The molecule has 1 fully saturated rings. The summed E-state index contributed by atoms with van der Waals surface area (Å²) < 4.78 is 13.4. The van der Waals surface area contributed by atoms with Crippen LogP contribution in [0.4, 0.5) is 16.2 Å². The number of nitrogens with zero attached hydrogens (tertiary/aromatic N) is 4. The highest BCUT2D eigenvalue weighted by molar-refractivity contribution is 5.48. The van der Waals surface area contributed by atoms with E-state index in [4.69, 9.17) is 5.73 Å². The number of aryl methyl sites for hydroxylation is 1. The van der Waals surface area contributed by atoms with Crippen molar-refractivity contribution in [2.75, 3.05) is 36.8 Å². The number of halogens is 1. The topological polar surface area (TPSA) is 58.3 Å². The van der Waals surface area contributed by atoms with Crippen molar-refractivity contribution >= 4 is 11.8 Å². The van der Waals surface area contributed by atoms with E-state index in [1.54, 1.807) is 12.1 Å². The van der Waals surface area contributed by atoms with Gasteiger partial charge in [-0.2, -0.15) is 4.98 Å². The highest BCUT2D eigenvalue weighted by atomic mass is 19.1. The molecule has 24 heavy (non-hydrogen) atoms. The van der Waals surface area contributed by atoms with Crippen LogP contribution in [0, 0.1) is 5.82 Å². The van der Waals surface area contributed by atoms with E-state index in [9.17, 15) is 4.39 Å². The van der Waals surface area contributed by atoms with Crippen LogP contribution in [0.2, 0.25) is 0 Å². The van der Waals surface area contributed by atoms with Crippen molar-refractivity contribution in [1.82, 2.24) is 14.9 Å². The Labute approximate surface area is 142 Å². The van der Waals surface area contributed by atoms with E-state index in [1.807, 2.05) is 12.3 Å². The van der Waals surface area contributed by atoms with Gasteiger partial charge in [0.15, 0.2) is 0 Å². The van der Waals surface area contributed by atoms with Crippen molar-refractivity contribution in [1.29, 1.82) is 0 Å². The second-order valence-electron chi connectivity index (χ2n) is 6.18. The van der Waals surface area contributed by atoms with Crippen molar-refractivity contribution in [3.05, 3.63) is 47.4 Å². The molecule has 2 aromatic rings. The summed E-state index contributed by atoms with van der Waals surface area (Å²) in [4.78, 5) is 13.2. The maximum atomic E-state index is 13.4. The average Bonchev–Trinajstić information content (AvgIpc) is 2.80. The molecule has 5 nitrogen and oxygen atoms in total. The molecule has 1 aromatic heterocycles. The Bertz CT molecular complexity index is 691. The van der Waals surface area contributed by atoms with Crippen LogP contribution in [0.3, 0.4) is 0 Å². The Kier molecular flexibility index (Phi) is 5.25. The summed E-state index contributed by atoms with van der Waals surface area (Å²) in [5, 5.41) is 0. The minimum atomic E-state index is -0.173. The number of benzene rings is 1. The Balaban J connectivity index is 1.68. The van der Waals surface area contributed by atoms with Crippen molar-refractivity contribution in [2.45, 2.75) is 26.3 Å². The zero-order chi connectivity index (χ0) is 16.9. The Hall–Kier alpha value is -2.21. The van der Waals surface area contributed by atoms with Gasteiger partial charge >= 0.3 is 0 Å². The van der Waals surface area contributed by atoms with Gasteiger partial charge in [-0.25, -0.2) is 9.37 Å².